The molecule has 1 heterocycles. The topological polar surface area (TPSA) is 127 Å². The molecule has 1 amide bonds. The molecule has 2 aromatic rings. The van der Waals surface area contributed by atoms with Gasteiger partial charge in [0.25, 0.3) is 11.6 Å². The van der Waals surface area contributed by atoms with Gasteiger partial charge in [-0.1, -0.05) is 6.92 Å². The number of carbonyl (C=O) groups is 2. The van der Waals surface area contributed by atoms with Gasteiger partial charge < -0.3 is 10.0 Å². The summed E-state index contributed by atoms with van der Waals surface area (Å²) in [4.78, 5) is 36.0. The molecule has 1 N–H and O–H groups in total. The predicted octanol–water partition coefficient (Wildman–Crippen LogP) is 1.92. The Balaban J connectivity index is 1.96. The predicted molar refractivity (Wildman–Crippen MR) is 84.9 cm³/mol. The molecule has 9 nitrogen and oxygen atoms in total. The Morgan fingerprint density at radius 1 is 1.46 bits per heavy atom. The fraction of sp³-hybridized carbons (Fsp3) is 0.429. The Bertz CT molecular complexity index is 832. The number of aromatic nitrogens is 2. The summed E-state index contributed by atoms with van der Waals surface area (Å²) in [6.07, 6.45) is 1.61. The molecule has 1 atom stereocenters. The van der Waals surface area contributed by atoms with E-state index in [0.29, 0.717) is 5.52 Å². The number of hydrogen-bond acceptors (Lipinski definition) is 7. The lowest BCUT2D eigenvalue weighted by atomic mass is 10.1. The average molecular weight is 350 g/mol. The molecule has 1 aromatic carbocycles. The minimum Gasteiger partial charge on any atom is -0.481 e. The largest absolute Gasteiger partial charge is 0.481 e. The van der Waals surface area contributed by atoms with E-state index in [-0.39, 0.29) is 29.4 Å². The maximum absolute atomic E-state index is 12.8. The van der Waals surface area contributed by atoms with Gasteiger partial charge in [-0.15, -0.1) is 0 Å². The molecule has 1 aromatic heterocycles. The summed E-state index contributed by atoms with van der Waals surface area (Å²) in [5.74, 6) is -2.11. The number of nitro benzene ring substituents is 1. The fourth-order valence-corrected chi connectivity index (χ4v) is 2.99. The van der Waals surface area contributed by atoms with Crippen molar-refractivity contribution in [2.45, 2.75) is 25.8 Å². The number of fused-ring (bicyclic) bond motifs is 1. The van der Waals surface area contributed by atoms with Crippen LogP contribution in [-0.2, 0) is 4.79 Å². The van der Waals surface area contributed by atoms with Crippen LogP contribution in [0.15, 0.2) is 12.1 Å². The van der Waals surface area contributed by atoms with E-state index in [2.05, 4.69) is 8.75 Å². The first-order valence-corrected chi connectivity index (χ1v) is 8.06. The van der Waals surface area contributed by atoms with Crippen LogP contribution in [0.5, 0.6) is 0 Å². The molecule has 1 unspecified atom stereocenters. The highest BCUT2D eigenvalue weighted by atomic mass is 32.1. The molecular weight excluding hydrogens is 336 g/mol. The second-order valence-corrected chi connectivity index (χ2v) is 6.34. The number of rotatable bonds is 6. The number of amides is 1. The first-order valence-electron chi connectivity index (χ1n) is 7.33. The van der Waals surface area contributed by atoms with Crippen LogP contribution in [0.25, 0.3) is 11.0 Å². The summed E-state index contributed by atoms with van der Waals surface area (Å²) in [5.41, 5.74) is 0.302. The third kappa shape index (κ3) is 3.04. The van der Waals surface area contributed by atoms with Crippen molar-refractivity contribution in [2.75, 3.05) is 6.54 Å². The van der Waals surface area contributed by atoms with Crippen LogP contribution in [0.1, 0.15) is 30.1 Å². The number of carbonyl (C=O) groups excluding carboxylic acids is 1. The molecular formula is C14H14N4O5S. The van der Waals surface area contributed by atoms with Crippen molar-refractivity contribution in [3.63, 3.8) is 0 Å². The molecule has 3 rings (SSSR count). The highest BCUT2D eigenvalue weighted by molar-refractivity contribution is 7.00. The third-order valence-electron chi connectivity index (χ3n) is 3.93. The van der Waals surface area contributed by atoms with Crippen molar-refractivity contribution >= 4 is 40.3 Å². The molecule has 10 heteroatoms. The molecule has 1 aliphatic rings. The molecule has 1 fully saturated rings. The van der Waals surface area contributed by atoms with E-state index in [0.717, 1.165) is 24.6 Å². The minimum atomic E-state index is -0.987. The van der Waals surface area contributed by atoms with E-state index in [1.807, 2.05) is 0 Å². The summed E-state index contributed by atoms with van der Waals surface area (Å²) < 4.78 is 7.87. The Hall–Kier alpha value is -2.62. The second kappa shape index (κ2) is 6.11. The quantitative estimate of drug-likeness (QED) is 0.623. The standard InChI is InChI=1S/C14H14N4O5S/c1-7(14(20)21)6-17(9-2-3-9)13(19)8-4-10-12(16-24-15-10)11(5-8)18(22)23/h4-5,7,9H,2-3,6H2,1H3,(H,20,21). The monoisotopic (exact) mass is 350 g/mol. The van der Waals surface area contributed by atoms with Crippen molar-refractivity contribution in [2.24, 2.45) is 5.92 Å². The summed E-state index contributed by atoms with van der Waals surface area (Å²) in [7, 11) is 0. The van der Waals surface area contributed by atoms with E-state index in [9.17, 15) is 19.7 Å². The summed E-state index contributed by atoms with van der Waals surface area (Å²) >= 11 is 0.839. The molecule has 0 aliphatic heterocycles. The molecule has 1 saturated carbocycles. The van der Waals surface area contributed by atoms with E-state index < -0.39 is 22.7 Å². The highest BCUT2D eigenvalue weighted by Crippen LogP contribution is 2.31. The van der Waals surface area contributed by atoms with Gasteiger partial charge in [0, 0.05) is 24.2 Å². The molecule has 0 spiro atoms. The van der Waals surface area contributed by atoms with Crippen molar-refractivity contribution in [3.05, 3.63) is 27.8 Å². The average Bonchev–Trinajstić information content (AvgIpc) is 3.27. The second-order valence-electron chi connectivity index (χ2n) is 5.81. The maximum atomic E-state index is 12.8. The zero-order chi connectivity index (χ0) is 17.4. The van der Waals surface area contributed by atoms with Gasteiger partial charge in [0.15, 0.2) is 5.52 Å². The Kier molecular flexibility index (Phi) is 4.14. The van der Waals surface area contributed by atoms with Crippen LogP contribution in [0, 0.1) is 16.0 Å². The zero-order valence-electron chi connectivity index (χ0n) is 12.7. The number of hydrogen-bond donors (Lipinski definition) is 1. The first kappa shape index (κ1) is 16.2. The minimum absolute atomic E-state index is 0.0115. The van der Waals surface area contributed by atoms with E-state index in [1.54, 1.807) is 0 Å². The Morgan fingerprint density at radius 2 is 2.17 bits per heavy atom. The third-order valence-corrected chi connectivity index (χ3v) is 4.47. The molecule has 0 bridgehead atoms. The SMILES string of the molecule is CC(CN(C(=O)c1cc([N+](=O)[O-])c2nsnc2c1)C1CC1)C(=O)O. The van der Waals surface area contributed by atoms with Crippen molar-refractivity contribution in [3.8, 4) is 0 Å². The number of carboxylic acid groups (broad SMARTS) is 1. The van der Waals surface area contributed by atoms with Gasteiger partial charge in [-0.25, -0.2) is 0 Å². The summed E-state index contributed by atoms with van der Waals surface area (Å²) in [6, 6.07) is 2.64. The van der Waals surface area contributed by atoms with Gasteiger partial charge in [0.05, 0.1) is 22.6 Å². The van der Waals surface area contributed by atoms with Gasteiger partial charge in [0.1, 0.15) is 5.52 Å². The van der Waals surface area contributed by atoms with Gasteiger partial charge in [0.2, 0.25) is 0 Å². The van der Waals surface area contributed by atoms with Crippen LogP contribution in [-0.4, -0.2) is 48.1 Å². The van der Waals surface area contributed by atoms with E-state index in [4.69, 9.17) is 5.11 Å². The molecule has 1 aliphatic carbocycles. The van der Waals surface area contributed by atoms with Crippen LogP contribution in [0.3, 0.4) is 0 Å². The number of nitrogens with zero attached hydrogens (tertiary/aromatic N) is 4. The van der Waals surface area contributed by atoms with Crippen LogP contribution < -0.4 is 0 Å². The normalized spacial score (nSPS) is 15.2. The number of benzene rings is 1. The molecule has 0 saturated heterocycles. The lowest BCUT2D eigenvalue weighted by Gasteiger charge is -2.24. The highest BCUT2D eigenvalue weighted by Gasteiger charge is 2.35. The van der Waals surface area contributed by atoms with Crippen molar-refractivity contribution in [1.29, 1.82) is 0 Å². The Morgan fingerprint density at radius 3 is 2.75 bits per heavy atom. The van der Waals surface area contributed by atoms with Gasteiger partial charge in [-0.2, -0.15) is 8.75 Å². The number of carboxylic acids is 1. The van der Waals surface area contributed by atoms with Crippen LogP contribution >= 0.6 is 11.7 Å². The smallest absolute Gasteiger partial charge is 0.308 e. The van der Waals surface area contributed by atoms with Crippen LogP contribution in [0.2, 0.25) is 0 Å². The molecule has 0 radical (unpaired) electrons. The van der Waals surface area contributed by atoms with Gasteiger partial charge in [-0.3, -0.25) is 19.7 Å². The lowest BCUT2D eigenvalue weighted by Crippen LogP contribution is -2.38. The van der Waals surface area contributed by atoms with Gasteiger partial charge in [-0.05, 0) is 18.9 Å². The molecule has 24 heavy (non-hydrogen) atoms. The van der Waals surface area contributed by atoms with Gasteiger partial charge >= 0.3 is 5.97 Å². The van der Waals surface area contributed by atoms with E-state index in [1.165, 1.54) is 24.0 Å². The lowest BCUT2D eigenvalue weighted by molar-refractivity contribution is -0.383. The van der Waals surface area contributed by atoms with Crippen molar-refractivity contribution in [1.82, 2.24) is 13.6 Å². The van der Waals surface area contributed by atoms with Crippen LogP contribution in [0.4, 0.5) is 5.69 Å². The fourth-order valence-electron chi connectivity index (χ4n) is 2.46. The maximum Gasteiger partial charge on any atom is 0.308 e. The molecule has 126 valence electrons. The van der Waals surface area contributed by atoms with E-state index >= 15 is 0 Å². The van der Waals surface area contributed by atoms with Crippen molar-refractivity contribution < 1.29 is 19.6 Å². The Labute approximate surface area is 140 Å². The number of aliphatic carboxylic acids is 1. The first-order chi connectivity index (χ1) is 11.4. The number of non-ortho nitro benzene ring substituents is 1. The zero-order valence-corrected chi connectivity index (χ0v) is 13.5. The summed E-state index contributed by atoms with van der Waals surface area (Å²) in [6.45, 7) is 1.60. The number of nitro groups is 1. The summed E-state index contributed by atoms with van der Waals surface area (Å²) in [5, 5.41) is 20.3.